The largest absolute Gasteiger partial charge is 0.494 e. The minimum absolute atomic E-state index is 0.0199. The molecule has 3 rings (SSSR count). The van der Waals surface area contributed by atoms with Gasteiger partial charge in [0, 0.05) is 11.6 Å². The number of carbonyl (C=O) groups is 1. The minimum Gasteiger partial charge on any atom is -0.494 e. The van der Waals surface area contributed by atoms with E-state index in [1.165, 1.54) is 19.3 Å². The van der Waals surface area contributed by atoms with Crippen LogP contribution in [-0.2, 0) is 0 Å². The highest BCUT2D eigenvalue weighted by atomic mass is 16.5. The SMILES string of the molecule is O=C(NC1CCCCC1)c1ccc(OCCCCOc2ccccc2)cc1. The molecule has 144 valence electrons. The molecule has 0 saturated heterocycles. The van der Waals surface area contributed by atoms with Crippen LogP contribution in [0.15, 0.2) is 54.6 Å². The van der Waals surface area contributed by atoms with Crippen LogP contribution in [0.2, 0.25) is 0 Å². The van der Waals surface area contributed by atoms with Crippen molar-refractivity contribution < 1.29 is 14.3 Å². The van der Waals surface area contributed by atoms with E-state index in [0.717, 1.165) is 37.2 Å². The van der Waals surface area contributed by atoms with Gasteiger partial charge in [-0.2, -0.15) is 0 Å². The van der Waals surface area contributed by atoms with Gasteiger partial charge in [0.25, 0.3) is 5.91 Å². The average Bonchev–Trinajstić information content (AvgIpc) is 2.72. The molecule has 27 heavy (non-hydrogen) atoms. The summed E-state index contributed by atoms with van der Waals surface area (Å²) in [5.74, 6) is 1.72. The predicted molar refractivity (Wildman–Crippen MR) is 107 cm³/mol. The van der Waals surface area contributed by atoms with Gasteiger partial charge in [-0.25, -0.2) is 0 Å². The Morgan fingerprint density at radius 3 is 2.04 bits per heavy atom. The molecule has 0 spiro atoms. The van der Waals surface area contributed by atoms with Crippen LogP contribution in [0.5, 0.6) is 11.5 Å². The van der Waals surface area contributed by atoms with Gasteiger partial charge in [0.15, 0.2) is 0 Å². The lowest BCUT2D eigenvalue weighted by Gasteiger charge is -2.22. The first kappa shape index (κ1) is 19.3. The van der Waals surface area contributed by atoms with Crippen molar-refractivity contribution >= 4 is 5.91 Å². The van der Waals surface area contributed by atoms with Crippen molar-refractivity contribution in [2.45, 2.75) is 51.0 Å². The maximum absolute atomic E-state index is 12.3. The maximum atomic E-state index is 12.3. The van der Waals surface area contributed by atoms with E-state index >= 15 is 0 Å². The van der Waals surface area contributed by atoms with Gasteiger partial charge in [0.05, 0.1) is 13.2 Å². The molecule has 1 aliphatic rings. The van der Waals surface area contributed by atoms with Crippen molar-refractivity contribution in [2.24, 2.45) is 0 Å². The van der Waals surface area contributed by atoms with Gasteiger partial charge in [-0.3, -0.25) is 4.79 Å². The summed E-state index contributed by atoms with van der Waals surface area (Å²) < 4.78 is 11.4. The quantitative estimate of drug-likeness (QED) is 0.635. The summed E-state index contributed by atoms with van der Waals surface area (Å²) in [5.41, 5.74) is 0.698. The Kier molecular flexibility index (Phi) is 7.57. The molecule has 0 bridgehead atoms. The van der Waals surface area contributed by atoms with E-state index in [-0.39, 0.29) is 5.91 Å². The summed E-state index contributed by atoms with van der Waals surface area (Å²) in [6.07, 6.45) is 7.79. The summed E-state index contributed by atoms with van der Waals surface area (Å²) in [5, 5.41) is 3.14. The molecule has 1 aliphatic carbocycles. The number of rotatable bonds is 9. The number of benzene rings is 2. The van der Waals surface area contributed by atoms with Crippen molar-refractivity contribution in [2.75, 3.05) is 13.2 Å². The third-order valence-corrected chi connectivity index (χ3v) is 4.88. The lowest BCUT2D eigenvalue weighted by atomic mass is 9.95. The molecule has 0 radical (unpaired) electrons. The average molecular weight is 367 g/mol. The van der Waals surface area contributed by atoms with E-state index in [4.69, 9.17) is 9.47 Å². The van der Waals surface area contributed by atoms with Crippen LogP contribution in [0, 0.1) is 0 Å². The number of carbonyl (C=O) groups excluding carboxylic acids is 1. The van der Waals surface area contributed by atoms with Gasteiger partial charge in [-0.15, -0.1) is 0 Å². The van der Waals surface area contributed by atoms with Crippen molar-refractivity contribution in [1.82, 2.24) is 5.32 Å². The highest BCUT2D eigenvalue weighted by molar-refractivity contribution is 5.94. The lowest BCUT2D eigenvalue weighted by molar-refractivity contribution is 0.0927. The smallest absolute Gasteiger partial charge is 0.251 e. The van der Waals surface area contributed by atoms with Crippen LogP contribution < -0.4 is 14.8 Å². The molecule has 0 aromatic heterocycles. The topological polar surface area (TPSA) is 47.6 Å². The van der Waals surface area contributed by atoms with E-state index < -0.39 is 0 Å². The highest BCUT2D eigenvalue weighted by Crippen LogP contribution is 2.18. The Morgan fingerprint density at radius 1 is 0.815 bits per heavy atom. The summed E-state index contributed by atoms with van der Waals surface area (Å²) in [6, 6.07) is 17.6. The molecule has 1 fully saturated rings. The number of hydrogen-bond acceptors (Lipinski definition) is 3. The van der Waals surface area contributed by atoms with E-state index in [9.17, 15) is 4.79 Å². The zero-order chi connectivity index (χ0) is 18.7. The Hall–Kier alpha value is -2.49. The van der Waals surface area contributed by atoms with Crippen molar-refractivity contribution in [1.29, 1.82) is 0 Å². The van der Waals surface area contributed by atoms with Crippen molar-refractivity contribution in [3.05, 3.63) is 60.2 Å². The van der Waals surface area contributed by atoms with Crippen LogP contribution in [0.1, 0.15) is 55.3 Å². The first-order chi connectivity index (χ1) is 13.3. The normalized spacial score (nSPS) is 14.5. The number of unbranched alkanes of at least 4 members (excludes halogenated alkanes) is 1. The zero-order valence-corrected chi connectivity index (χ0v) is 15.9. The van der Waals surface area contributed by atoms with Gasteiger partial charge in [-0.05, 0) is 62.1 Å². The molecule has 4 heteroatoms. The second-order valence-electron chi connectivity index (χ2n) is 7.05. The molecular weight excluding hydrogens is 338 g/mol. The van der Waals surface area contributed by atoms with Crippen molar-refractivity contribution in [3.63, 3.8) is 0 Å². The fraction of sp³-hybridized carbons (Fsp3) is 0.435. The molecule has 0 unspecified atom stereocenters. The number of amides is 1. The van der Waals surface area contributed by atoms with Crippen LogP contribution in [0.25, 0.3) is 0 Å². The lowest BCUT2D eigenvalue weighted by Crippen LogP contribution is -2.36. The minimum atomic E-state index is 0.0199. The zero-order valence-electron chi connectivity index (χ0n) is 15.9. The third-order valence-electron chi connectivity index (χ3n) is 4.88. The Labute approximate surface area is 161 Å². The summed E-state index contributed by atoms with van der Waals surface area (Å²) in [7, 11) is 0. The van der Waals surface area contributed by atoms with E-state index in [1.54, 1.807) is 0 Å². The van der Waals surface area contributed by atoms with Gasteiger partial charge in [0.1, 0.15) is 11.5 Å². The van der Waals surface area contributed by atoms with Gasteiger partial charge >= 0.3 is 0 Å². The number of hydrogen-bond donors (Lipinski definition) is 1. The summed E-state index contributed by atoms with van der Waals surface area (Å²) in [6.45, 7) is 1.33. The summed E-state index contributed by atoms with van der Waals surface area (Å²) >= 11 is 0. The fourth-order valence-corrected chi connectivity index (χ4v) is 3.32. The molecule has 0 aliphatic heterocycles. The third kappa shape index (κ3) is 6.63. The maximum Gasteiger partial charge on any atom is 0.251 e. The standard InChI is InChI=1S/C23H29NO3/c25-23(24-20-9-3-1-4-10-20)19-13-15-22(16-14-19)27-18-8-7-17-26-21-11-5-2-6-12-21/h2,5-6,11-16,20H,1,3-4,7-10,17-18H2,(H,24,25). The highest BCUT2D eigenvalue weighted by Gasteiger charge is 2.16. The molecule has 4 nitrogen and oxygen atoms in total. The van der Waals surface area contributed by atoms with Crippen LogP contribution in [0.3, 0.4) is 0 Å². The summed E-state index contributed by atoms with van der Waals surface area (Å²) in [4.78, 5) is 12.3. The Balaban J connectivity index is 1.32. The van der Waals surface area contributed by atoms with E-state index in [1.807, 2.05) is 54.6 Å². The van der Waals surface area contributed by atoms with Crippen LogP contribution in [-0.4, -0.2) is 25.2 Å². The monoisotopic (exact) mass is 367 g/mol. The number of para-hydroxylation sites is 1. The van der Waals surface area contributed by atoms with Crippen LogP contribution >= 0.6 is 0 Å². The number of ether oxygens (including phenoxy) is 2. The predicted octanol–water partition coefficient (Wildman–Crippen LogP) is 4.99. The fourth-order valence-electron chi connectivity index (χ4n) is 3.32. The van der Waals surface area contributed by atoms with Crippen LogP contribution in [0.4, 0.5) is 0 Å². The van der Waals surface area contributed by atoms with Gasteiger partial charge in [0.2, 0.25) is 0 Å². The molecule has 2 aromatic rings. The second kappa shape index (κ2) is 10.6. The van der Waals surface area contributed by atoms with E-state index in [2.05, 4.69) is 5.32 Å². The van der Waals surface area contributed by atoms with Gasteiger partial charge in [-0.1, -0.05) is 37.5 Å². The first-order valence-electron chi connectivity index (χ1n) is 10.0. The Bertz CT molecular complexity index is 679. The van der Waals surface area contributed by atoms with Gasteiger partial charge < -0.3 is 14.8 Å². The molecule has 2 aromatic carbocycles. The Morgan fingerprint density at radius 2 is 1.41 bits per heavy atom. The molecule has 0 heterocycles. The molecular formula is C23H29NO3. The number of nitrogens with one attached hydrogen (secondary N) is 1. The molecule has 1 N–H and O–H groups in total. The molecule has 0 atom stereocenters. The second-order valence-corrected chi connectivity index (χ2v) is 7.05. The molecule has 1 saturated carbocycles. The first-order valence-corrected chi connectivity index (χ1v) is 10.0. The van der Waals surface area contributed by atoms with E-state index in [0.29, 0.717) is 24.8 Å². The molecule has 1 amide bonds. The van der Waals surface area contributed by atoms with Crippen molar-refractivity contribution in [3.8, 4) is 11.5 Å².